The minimum Gasteiger partial charge on any atom is -0.206 e. The van der Waals surface area contributed by atoms with Gasteiger partial charge in [0.15, 0.2) is 0 Å². The lowest BCUT2D eigenvalue weighted by Crippen LogP contribution is -1.99. The molecule has 0 saturated heterocycles. The van der Waals surface area contributed by atoms with Gasteiger partial charge in [-0.15, -0.1) is 11.6 Å². The number of benzene rings is 3. The Labute approximate surface area is 129 Å². The van der Waals surface area contributed by atoms with E-state index in [-0.39, 0.29) is 11.2 Å². The van der Waals surface area contributed by atoms with Crippen molar-refractivity contribution >= 4 is 22.4 Å². The molecule has 0 heterocycles. The summed E-state index contributed by atoms with van der Waals surface area (Å²) in [5, 5.41) is 1.23. The highest BCUT2D eigenvalue weighted by molar-refractivity contribution is 6.23. The van der Waals surface area contributed by atoms with Gasteiger partial charge in [0.2, 0.25) is 0 Å². The van der Waals surface area contributed by atoms with E-state index in [1.54, 1.807) is 12.1 Å². The molecule has 3 rings (SSSR count). The molecule has 1 atom stereocenters. The van der Waals surface area contributed by atoms with Crippen LogP contribution in [0.3, 0.4) is 0 Å². The van der Waals surface area contributed by atoms with Crippen LogP contribution in [0, 0.1) is 5.82 Å². The Hall–Kier alpha value is -1.86. The summed E-state index contributed by atoms with van der Waals surface area (Å²) in [6, 6.07) is 18.9. The van der Waals surface area contributed by atoms with Gasteiger partial charge in [-0.1, -0.05) is 61.5 Å². The zero-order valence-electron chi connectivity index (χ0n) is 11.8. The molecular formula is C19H16ClF. The Balaban J connectivity index is 2.18. The Morgan fingerprint density at radius 1 is 0.857 bits per heavy atom. The summed E-state index contributed by atoms with van der Waals surface area (Å²) in [7, 11) is 0. The van der Waals surface area contributed by atoms with Gasteiger partial charge >= 0.3 is 0 Å². The third-order valence-corrected chi connectivity index (χ3v) is 4.36. The maximum absolute atomic E-state index is 13.9. The summed E-state index contributed by atoms with van der Waals surface area (Å²) in [6.07, 6.45) is 0.929. The van der Waals surface area contributed by atoms with Crippen molar-refractivity contribution < 1.29 is 4.39 Å². The largest absolute Gasteiger partial charge is 0.206 e. The van der Waals surface area contributed by atoms with Crippen molar-refractivity contribution in [2.45, 2.75) is 18.7 Å². The van der Waals surface area contributed by atoms with E-state index < -0.39 is 0 Å². The minimum atomic E-state index is -0.272. The fourth-order valence-corrected chi connectivity index (χ4v) is 3.18. The molecule has 2 heteroatoms. The number of fused-ring (bicyclic) bond motifs is 1. The molecule has 0 N–H and O–H groups in total. The molecule has 1 unspecified atom stereocenters. The van der Waals surface area contributed by atoms with Crippen molar-refractivity contribution in [3.05, 3.63) is 83.2 Å². The van der Waals surface area contributed by atoms with Crippen molar-refractivity contribution in [3.8, 4) is 0 Å². The molecule has 3 aromatic rings. The number of hydrogen-bond donors (Lipinski definition) is 0. The first-order chi connectivity index (χ1) is 10.2. The van der Waals surface area contributed by atoms with Gasteiger partial charge in [0.05, 0.1) is 5.38 Å². The van der Waals surface area contributed by atoms with Crippen molar-refractivity contribution in [1.82, 2.24) is 0 Å². The lowest BCUT2D eigenvalue weighted by molar-refractivity contribution is 0.639. The van der Waals surface area contributed by atoms with Crippen molar-refractivity contribution in [2.24, 2.45) is 0 Å². The van der Waals surface area contributed by atoms with Gasteiger partial charge < -0.3 is 0 Å². The quantitative estimate of drug-likeness (QED) is 0.530. The molecule has 0 fully saturated rings. The average molecular weight is 299 g/mol. The summed E-state index contributed by atoms with van der Waals surface area (Å²) in [4.78, 5) is 0. The lowest BCUT2D eigenvalue weighted by atomic mass is 9.94. The van der Waals surface area contributed by atoms with Gasteiger partial charge in [0, 0.05) is 5.39 Å². The highest BCUT2D eigenvalue weighted by Gasteiger charge is 2.17. The van der Waals surface area contributed by atoms with Gasteiger partial charge in [-0.2, -0.15) is 0 Å². The van der Waals surface area contributed by atoms with Gasteiger partial charge in [0.1, 0.15) is 5.82 Å². The van der Waals surface area contributed by atoms with E-state index in [1.165, 1.54) is 11.6 Å². The van der Waals surface area contributed by atoms with Crippen LogP contribution in [0.4, 0.5) is 4.39 Å². The van der Waals surface area contributed by atoms with Gasteiger partial charge in [-0.3, -0.25) is 0 Å². The van der Waals surface area contributed by atoms with Gasteiger partial charge in [-0.05, 0) is 34.6 Å². The van der Waals surface area contributed by atoms with Crippen LogP contribution < -0.4 is 0 Å². The third-order valence-electron chi connectivity index (χ3n) is 3.89. The van der Waals surface area contributed by atoms with E-state index in [9.17, 15) is 4.39 Å². The molecule has 3 aromatic carbocycles. The van der Waals surface area contributed by atoms with Crippen LogP contribution in [-0.2, 0) is 6.42 Å². The second-order valence-corrected chi connectivity index (χ2v) is 5.53. The van der Waals surface area contributed by atoms with Crippen LogP contribution in [-0.4, -0.2) is 0 Å². The van der Waals surface area contributed by atoms with Crippen LogP contribution in [0.15, 0.2) is 60.7 Å². The zero-order chi connectivity index (χ0) is 14.8. The average Bonchev–Trinajstić information content (AvgIpc) is 2.55. The first-order valence-corrected chi connectivity index (χ1v) is 7.55. The minimum absolute atomic E-state index is 0.206. The zero-order valence-corrected chi connectivity index (χ0v) is 12.6. The van der Waals surface area contributed by atoms with E-state index in [0.717, 1.165) is 22.9 Å². The van der Waals surface area contributed by atoms with Crippen LogP contribution in [0.25, 0.3) is 10.8 Å². The smallest absolute Gasteiger partial charge is 0.131 e. The summed E-state index contributed by atoms with van der Waals surface area (Å²) in [6.45, 7) is 2.12. The molecule has 0 nitrogen and oxygen atoms in total. The lowest BCUT2D eigenvalue weighted by Gasteiger charge is -2.16. The van der Waals surface area contributed by atoms with Crippen molar-refractivity contribution in [1.29, 1.82) is 0 Å². The van der Waals surface area contributed by atoms with E-state index in [0.29, 0.717) is 5.39 Å². The van der Waals surface area contributed by atoms with Crippen molar-refractivity contribution in [3.63, 3.8) is 0 Å². The Bertz CT molecular complexity index is 779. The molecule has 0 aromatic heterocycles. The Morgan fingerprint density at radius 2 is 1.52 bits per heavy atom. The fraction of sp³-hybridized carbons (Fsp3) is 0.158. The molecule has 21 heavy (non-hydrogen) atoms. The third kappa shape index (κ3) is 2.54. The SMILES string of the molecule is CCc1ccccc1C(Cl)c1ccc(F)c2ccccc12. The van der Waals surface area contributed by atoms with E-state index in [1.807, 2.05) is 30.3 Å². The van der Waals surface area contributed by atoms with E-state index in [2.05, 4.69) is 19.1 Å². The molecule has 0 aliphatic rings. The molecule has 0 aliphatic heterocycles. The number of hydrogen-bond acceptors (Lipinski definition) is 0. The highest BCUT2D eigenvalue weighted by atomic mass is 35.5. The second kappa shape index (κ2) is 5.87. The molecule has 0 aliphatic carbocycles. The summed E-state index contributed by atoms with van der Waals surface area (Å²) in [5.41, 5.74) is 3.28. The number of rotatable bonds is 3. The topological polar surface area (TPSA) is 0 Å². The molecule has 0 amide bonds. The summed E-state index contributed by atoms with van der Waals surface area (Å²) in [5.74, 6) is -0.206. The Morgan fingerprint density at radius 3 is 2.29 bits per heavy atom. The maximum atomic E-state index is 13.9. The molecule has 0 radical (unpaired) electrons. The molecule has 0 saturated carbocycles. The Kier molecular flexibility index (Phi) is 3.94. The normalized spacial score (nSPS) is 12.5. The van der Waals surface area contributed by atoms with Gasteiger partial charge in [-0.25, -0.2) is 4.39 Å². The summed E-state index contributed by atoms with van der Waals surface area (Å²) >= 11 is 6.72. The molecule has 0 bridgehead atoms. The van der Waals surface area contributed by atoms with Crippen molar-refractivity contribution in [2.75, 3.05) is 0 Å². The number of alkyl halides is 1. The van der Waals surface area contributed by atoms with E-state index >= 15 is 0 Å². The standard InChI is InChI=1S/C19H16ClF/c1-2-13-7-3-4-8-14(13)19(20)17-11-12-18(21)16-10-6-5-9-15(16)17/h3-12,19H,2H2,1H3. The van der Waals surface area contributed by atoms with Crippen LogP contribution in [0.5, 0.6) is 0 Å². The summed E-state index contributed by atoms with van der Waals surface area (Å²) < 4.78 is 13.9. The monoisotopic (exact) mass is 298 g/mol. The number of aryl methyl sites for hydroxylation is 1. The molecule has 0 spiro atoms. The fourth-order valence-electron chi connectivity index (χ4n) is 2.78. The molecular weight excluding hydrogens is 283 g/mol. The highest BCUT2D eigenvalue weighted by Crippen LogP contribution is 2.36. The second-order valence-electron chi connectivity index (χ2n) is 5.10. The van der Waals surface area contributed by atoms with Gasteiger partial charge in [0.25, 0.3) is 0 Å². The molecule has 106 valence electrons. The van der Waals surface area contributed by atoms with Crippen LogP contribution in [0.1, 0.15) is 29.0 Å². The maximum Gasteiger partial charge on any atom is 0.131 e. The van der Waals surface area contributed by atoms with Crippen LogP contribution >= 0.6 is 11.6 Å². The van der Waals surface area contributed by atoms with Crippen LogP contribution in [0.2, 0.25) is 0 Å². The predicted molar refractivity (Wildman–Crippen MR) is 87.4 cm³/mol. The predicted octanol–water partition coefficient (Wildman–Crippen LogP) is 5.87. The van der Waals surface area contributed by atoms with E-state index in [4.69, 9.17) is 11.6 Å². The first-order valence-electron chi connectivity index (χ1n) is 7.11. The number of halogens is 2. The first kappa shape index (κ1) is 14.1.